The molecule has 0 spiro atoms. The standard InChI is InChI=1S/C19H19N5O3/c1-26-17-10-20-11-18(23-17)27-13-5-4-8-24(12-13)19(25)16-9-21-14-6-2-3-7-15(14)22-16/h2-3,6-7,9-11,13H,4-5,8,12H2,1H3/t13-/m1/s1. The zero-order chi connectivity index (χ0) is 18.6. The van der Waals surface area contributed by atoms with E-state index in [1.54, 1.807) is 4.90 Å². The number of aromatic nitrogens is 4. The third kappa shape index (κ3) is 3.79. The molecule has 4 rings (SSSR count). The van der Waals surface area contributed by atoms with Crippen LogP contribution in [-0.4, -0.2) is 57.0 Å². The van der Waals surface area contributed by atoms with Crippen molar-refractivity contribution in [2.45, 2.75) is 18.9 Å². The van der Waals surface area contributed by atoms with Crippen LogP contribution < -0.4 is 9.47 Å². The summed E-state index contributed by atoms with van der Waals surface area (Å²) in [5.41, 5.74) is 1.82. The van der Waals surface area contributed by atoms with Gasteiger partial charge in [0.1, 0.15) is 11.8 Å². The molecule has 3 aromatic rings. The highest BCUT2D eigenvalue weighted by Crippen LogP contribution is 2.19. The molecule has 8 heteroatoms. The number of piperidine rings is 1. The number of amides is 1. The number of likely N-dealkylation sites (tertiary alicyclic amines) is 1. The van der Waals surface area contributed by atoms with Gasteiger partial charge in [0.05, 0.1) is 43.3 Å². The maximum atomic E-state index is 12.9. The van der Waals surface area contributed by atoms with Crippen molar-refractivity contribution >= 4 is 16.9 Å². The smallest absolute Gasteiger partial charge is 0.274 e. The van der Waals surface area contributed by atoms with Gasteiger partial charge in [0.25, 0.3) is 5.91 Å². The summed E-state index contributed by atoms with van der Waals surface area (Å²) in [6, 6.07) is 7.50. The van der Waals surface area contributed by atoms with Crippen molar-refractivity contribution in [3.05, 3.63) is 48.5 Å². The summed E-state index contributed by atoms with van der Waals surface area (Å²) in [5, 5.41) is 0. The Morgan fingerprint density at radius 3 is 2.78 bits per heavy atom. The Balaban J connectivity index is 1.47. The fourth-order valence-corrected chi connectivity index (χ4v) is 3.10. The Bertz CT molecular complexity index is 965. The lowest BCUT2D eigenvalue weighted by molar-refractivity contribution is 0.0520. The van der Waals surface area contributed by atoms with Crippen LogP contribution in [0.5, 0.6) is 11.8 Å². The zero-order valence-corrected chi connectivity index (χ0v) is 14.9. The van der Waals surface area contributed by atoms with Crippen LogP contribution in [0.2, 0.25) is 0 Å². The summed E-state index contributed by atoms with van der Waals surface area (Å²) in [6.45, 7) is 1.13. The SMILES string of the molecule is COc1cncc(O[C@@H]2CCCN(C(=O)c3cnc4ccccc4n3)C2)n1. The van der Waals surface area contributed by atoms with Gasteiger partial charge in [0.15, 0.2) is 0 Å². The van der Waals surface area contributed by atoms with Crippen LogP contribution in [0.25, 0.3) is 11.0 Å². The summed E-state index contributed by atoms with van der Waals surface area (Å²) < 4.78 is 11.0. The van der Waals surface area contributed by atoms with E-state index in [1.165, 1.54) is 25.7 Å². The summed E-state index contributed by atoms with van der Waals surface area (Å²) in [5.74, 6) is 0.639. The van der Waals surface area contributed by atoms with E-state index in [2.05, 4.69) is 19.9 Å². The summed E-state index contributed by atoms with van der Waals surface area (Å²) in [4.78, 5) is 31.6. The van der Waals surface area contributed by atoms with Crippen molar-refractivity contribution in [2.75, 3.05) is 20.2 Å². The zero-order valence-electron chi connectivity index (χ0n) is 14.9. The van der Waals surface area contributed by atoms with Gasteiger partial charge in [-0.2, -0.15) is 4.98 Å². The lowest BCUT2D eigenvalue weighted by Crippen LogP contribution is -2.44. The van der Waals surface area contributed by atoms with E-state index < -0.39 is 0 Å². The average molecular weight is 365 g/mol. The minimum atomic E-state index is -0.155. The second kappa shape index (κ2) is 7.53. The molecule has 8 nitrogen and oxygen atoms in total. The van der Waals surface area contributed by atoms with Gasteiger partial charge in [-0.25, -0.2) is 4.98 Å². The normalized spacial score (nSPS) is 16.9. The lowest BCUT2D eigenvalue weighted by Gasteiger charge is -2.32. The lowest BCUT2D eigenvalue weighted by atomic mass is 10.1. The molecule has 1 aliphatic heterocycles. The number of methoxy groups -OCH3 is 1. The van der Waals surface area contributed by atoms with Crippen molar-refractivity contribution in [2.24, 2.45) is 0 Å². The number of ether oxygens (including phenoxy) is 2. The van der Waals surface area contributed by atoms with E-state index in [-0.39, 0.29) is 12.0 Å². The minimum Gasteiger partial charge on any atom is -0.480 e. The summed E-state index contributed by atoms with van der Waals surface area (Å²) >= 11 is 0. The van der Waals surface area contributed by atoms with Gasteiger partial charge in [-0.15, -0.1) is 0 Å². The molecule has 27 heavy (non-hydrogen) atoms. The molecule has 3 heterocycles. The molecule has 1 aromatic carbocycles. The first-order valence-electron chi connectivity index (χ1n) is 8.76. The Morgan fingerprint density at radius 1 is 1.11 bits per heavy atom. The molecule has 0 unspecified atom stereocenters. The second-order valence-corrected chi connectivity index (χ2v) is 6.28. The third-order valence-electron chi connectivity index (χ3n) is 4.42. The number of benzene rings is 1. The van der Waals surface area contributed by atoms with Crippen LogP contribution in [0, 0.1) is 0 Å². The molecule has 2 aromatic heterocycles. The molecule has 1 amide bonds. The largest absolute Gasteiger partial charge is 0.480 e. The van der Waals surface area contributed by atoms with Gasteiger partial charge in [0, 0.05) is 6.54 Å². The van der Waals surface area contributed by atoms with E-state index >= 15 is 0 Å². The monoisotopic (exact) mass is 365 g/mol. The van der Waals surface area contributed by atoms with Crippen LogP contribution >= 0.6 is 0 Å². The van der Waals surface area contributed by atoms with E-state index in [1.807, 2.05) is 24.3 Å². The predicted molar refractivity (Wildman–Crippen MR) is 97.7 cm³/mol. The highest BCUT2D eigenvalue weighted by Gasteiger charge is 2.27. The molecule has 138 valence electrons. The van der Waals surface area contributed by atoms with Crippen molar-refractivity contribution < 1.29 is 14.3 Å². The van der Waals surface area contributed by atoms with Crippen molar-refractivity contribution in [3.63, 3.8) is 0 Å². The number of hydrogen-bond acceptors (Lipinski definition) is 7. The van der Waals surface area contributed by atoms with Gasteiger partial charge in [-0.05, 0) is 25.0 Å². The van der Waals surface area contributed by atoms with Gasteiger partial charge in [0.2, 0.25) is 11.8 Å². The van der Waals surface area contributed by atoms with Gasteiger partial charge in [-0.1, -0.05) is 12.1 Å². The summed E-state index contributed by atoms with van der Waals surface area (Å²) in [7, 11) is 1.53. The Kier molecular flexibility index (Phi) is 4.78. The third-order valence-corrected chi connectivity index (χ3v) is 4.42. The molecule has 1 atom stereocenters. The minimum absolute atomic E-state index is 0.140. The highest BCUT2D eigenvalue weighted by atomic mass is 16.5. The predicted octanol–water partition coefficient (Wildman–Crippen LogP) is 2.11. The molecule has 0 N–H and O–H groups in total. The van der Waals surface area contributed by atoms with E-state index in [0.29, 0.717) is 36.1 Å². The van der Waals surface area contributed by atoms with Crippen LogP contribution in [0.15, 0.2) is 42.9 Å². The first-order valence-corrected chi connectivity index (χ1v) is 8.76. The quantitative estimate of drug-likeness (QED) is 0.699. The van der Waals surface area contributed by atoms with E-state index in [9.17, 15) is 4.79 Å². The Morgan fingerprint density at radius 2 is 1.93 bits per heavy atom. The molecule has 1 aliphatic rings. The average Bonchev–Trinajstić information content (AvgIpc) is 2.73. The molecule has 1 saturated heterocycles. The molecule has 0 radical (unpaired) electrons. The maximum absolute atomic E-state index is 12.9. The Labute approximate surface area is 156 Å². The number of nitrogens with zero attached hydrogens (tertiary/aromatic N) is 5. The van der Waals surface area contributed by atoms with Crippen molar-refractivity contribution in [1.82, 2.24) is 24.8 Å². The van der Waals surface area contributed by atoms with Crippen molar-refractivity contribution in [1.29, 1.82) is 0 Å². The number of carbonyl (C=O) groups excluding carboxylic acids is 1. The molecule has 0 bridgehead atoms. The number of para-hydroxylation sites is 2. The van der Waals surface area contributed by atoms with Crippen molar-refractivity contribution in [3.8, 4) is 11.8 Å². The van der Waals surface area contributed by atoms with Gasteiger partial charge in [-0.3, -0.25) is 14.8 Å². The number of carbonyl (C=O) groups is 1. The number of rotatable bonds is 4. The number of fused-ring (bicyclic) bond motifs is 1. The summed E-state index contributed by atoms with van der Waals surface area (Å²) in [6.07, 6.45) is 6.11. The van der Waals surface area contributed by atoms with Gasteiger partial charge >= 0.3 is 0 Å². The van der Waals surface area contributed by atoms with Crippen LogP contribution in [0.4, 0.5) is 0 Å². The molecular weight excluding hydrogens is 346 g/mol. The maximum Gasteiger partial charge on any atom is 0.274 e. The fraction of sp³-hybridized carbons (Fsp3) is 0.316. The van der Waals surface area contributed by atoms with E-state index in [0.717, 1.165) is 18.4 Å². The fourth-order valence-electron chi connectivity index (χ4n) is 3.10. The first kappa shape index (κ1) is 17.1. The molecule has 1 fully saturated rings. The van der Waals surface area contributed by atoms with Crippen LogP contribution in [0.3, 0.4) is 0 Å². The topological polar surface area (TPSA) is 90.3 Å². The highest BCUT2D eigenvalue weighted by molar-refractivity contribution is 5.93. The molecule has 0 aliphatic carbocycles. The van der Waals surface area contributed by atoms with Crippen LogP contribution in [-0.2, 0) is 0 Å². The Hall–Kier alpha value is -3.29. The second-order valence-electron chi connectivity index (χ2n) is 6.28. The molecular formula is C19H19N5O3. The first-order chi connectivity index (χ1) is 13.2. The molecule has 0 saturated carbocycles. The van der Waals surface area contributed by atoms with E-state index in [4.69, 9.17) is 9.47 Å². The number of hydrogen-bond donors (Lipinski definition) is 0. The van der Waals surface area contributed by atoms with Gasteiger partial charge < -0.3 is 14.4 Å². The van der Waals surface area contributed by atoms with Crippen LogP contribution in [0.1, 0.15) is 23.3 Å².